The van der Waals surface area contributed by atoms with Gasteiger partial charge in [0.05, 0.1) is 10.6 Å². The molecular weight excluding hydrogens is 235 g/mol. The lowest BCUT2D eigenvalue weighted by molar-refractivity contribution is 0.276. The van der Waals surface area contributed by atoms with Gasteiger partial charge in [0.15, 0.2) is 0 Å². The zero-order valence-electron chi connectivity index (χ0n) is 7.50. The summed E-state index contributed by atoms with van der Waals surface area (Å²) in [5, 5.41) is 10.4. The predicted octanol–water partition coefficient (Wildman–Crippen LogP) is 2.51. The van der Waals surface area contributed by atoms with Crippen molar-refractivity contribution in [1.82, 2.24) is 0 Å². The van der Waals surface area contributed by atoms with Gasteiger partial charge in [-0.25, -0.2) is 4.79 Å². The van der Waals surface area contributed by atoms with E-state index in [1.54, 1.807) is 30.2 Å². The van der Waals surface area contributed by atoms with E-state index in [1.165, 1.54) is 0 Å². The van der Waals surface area contributed by atoms with Gasteiger partial charge >= 0.3 is 0 Å². The largest absolute Gasteiger partial charge is 0.382 e. The maximum Gasteiger partial charge on any atom is 0.131 e. The number of hydrogen-bond donors (Lipinski definition) is 1. The van der Waals surface area contributed by atoms with Crippen LogP contribution in [0.2, 0.25) is 5.02 Å². The van der Waals surface area contributed by atoms with Crippen LogP contribution in [0.15, 0.2) is 23.2 Å². The lowest BCUT2D eigenvalue weighted by atomic mass is 9.91. The molecule has 15 heavy (non-hydrogen) atoms. The Morgan fingerprint density at radius 1 is 1.33 bits per heavy atom. The topological polar surface area (TPSA) is 37.3 Å². The minimum Gasteiger partial charge on any atom is -0.382 e. The van der Waals surface area contributed by atoms with E-state index < -0.39 is 6.10 Å². The van der Waals surface area contributed by atoms with Crippen LogP contribution in [0.5, 0.6) is 0 Å². The maximum atomic E-state index is 10.7. The van der Waals surface area contributed by atoms with Crippen molar-refractivity contribution >= 4 is 40.8 Å². The highest BCUT2D eigenvalue weighted by molar-refractivity contribution is 6.34. The van der Waals surface area contributed by atoms with Crippen LogP contribution in [0.3, 0.4) is 0 Å². The van der Waals surface area contributed by atoms with Gasteiger partial charge < -0.3 is 5.11 Å². The highest BCUT2D eigenvalue weighted by Gasteiger charge is 2.24. The average Bonchev–Trinajstić information content (AvgIpc) is 2.20. The van der Waals surface area contributed by atoms with Gasteiger partial charge in [0.2, 0.25) is 0 Å². The van der Waals surface area contributed by atoms with Crippen molar-refractivity contribution in [3.63, 3.8) is 0 Å². The lowest BCUT2D eigenvalue weighted by Gasteiger charge is -2.19. The molecule has 0 aliphatic heterocycles. The molecule has 0 aromatic heterocycles. The second kappa shape index (κ2) is 3.84. The van der Waals surface area contributed by atoms with Crippen molar-refractivity contribution in [1.29, 1.82) is 0 Å². The zero-order chi connectivity index (χ0) is 11.0. The Balaban J connectivity index is 2.71. The van der Waals surface area contributed by atoms with Crippen LogP contribution in [0, 0.1) is 0 Å². The summed E-state index contributed by atoms with van der Waals surface area (Å²) in [6.07, 6.45) is 0.506. The number of benzene rings is 1. The fourth-order valence-electron chi connectivity index (χ4n) is 1.52. The Hall–Kier alpha value is -1.05. The fraction of sp³-hybridized carbons (Fsp3) is 0.0909. The smallest absolute Gasteiger partial charge is 0.131 e. The highest BCUT2D eigenvalue weighted by Crippen LogP contribution is 2.34. The van der Waals surface area contributed by atoms with Crippen molar-refractivity contribution in [2.24, 2.45) is 0 Å². The first-order chi connectivity index (χ1) is 7.13. The summed E-state index contributed by atoms with van der Waals surface area (Å²) in [5.74, 6) is 1.71. The van der Waals surface area contributed by atoms with E-state index in [0.717, 1.165) is 5.56 Å². The van der Waals surface area contributed by atoms with Crippen molar-refractivity contribution < 1.29 is 9.90 Å². The molecule has 0 fully saturated rings. The monoisotopic (exact) mass is 240 g/mol. The Morgan fingerprint density at radius 3 is 2.73 bits per heavy atom. The van der Waals surface area contributed by atoms with Gasteiger partial charge in [0.1, 0.15) is 12.0 Å². The summed E-state index contributed by atoms with van der Waals surface area (Å²) in [6.45, 7) is 0. The van der Waals surface area contributed by atoms with Crippen LogP contribution in [0.25, 0.3) is 11.6 Å². The fourth-order valence-corrected chi connectivity index (χ4v) is 1.93. The Bertz CT molecular complexity index is 499. The maximum absolute atomic E-state index is 10.7. The predicted molar refractivity (Wildman–Crippen MR) is 60.4 cm³/mol. The molecule has 1 aliphatic rings. The number of fused-ring (bicyclic) bond motifs is 1. The van der Waals surface area contributed by atoms with Gasteiger partial charge in [0.25, 0.3) is 0 Å². The lowest BCUT2D eigenvalue weighted by Crippen LogP contribution is -2.14. The molecule has 1 atom stereocenters. The molecule has 0 saturated heterocycles. The first-order valence-corrected chi connectivity index (χ1v) is 4.99. The first-order valence-electron chi connectivity index (χ1n) is 4.23. The molecule has 0 radical (unpaired) electrons. The molecule has 0 bridgehead atoms. The first kappa shape index (κ1) is 10.5. The molecule has 1 aromatic carbocycles. The summed E-state index contributed by atoms with van der Waals surface area (Å²) in [7, 11) is 0. The summed E-state index contributed by atoms with van der Waals surface area (Å²) < 4.78 is 0. The van der Waals surface area contributed by atoms with Crippen LogP contribution in [0.4, 0.5) is 0 Å². The number of aliphatic hydroxyl groups is 1. The van der Waals surface area contributed by atoms with Gasteiger partial charge in [-0.1, -0.05) is 29.3 Å². The molecule has 0 saturated carbocycles. The molecule has 76 valence electrons. The molecule has 2 nitrogen and oxygen atoms in total. The summed E-state index contributed by atoms with van der Waals surface area (Å²) in [5.41, 5.74) is 1.48. The standard InChI is InChI=1S/C11H6Cl2O2/c12-7-1-2-8-6(3-7)4-10(13)11(15)9(8)5-14/h1-4,11,15H. The average molecular weight is 241 g/mol. The van der Waals surface area contributed by atoms with Crippen molar-refractivity contribution in [2.45, 2.75) is 6.10 Å². The van der Waals surface area contributed by atoms with Crippen molar-refractivity contribution in [3.05, 3.63) is 39.4 Å². The van der Waals surface area contributed by atoms with E-state index in [4.69, 9.17) is 23.2 Å². The third-order valence-electron chi connectivity index (χ3n) is 2.24. The van der Waals surface area contributed by atoms with Crippen molar-refractivity contribution in [3.8, 4) is 0 Å². The third kappa shape index (κ3) is 1.73. The van der Waals surface area contributed by atoms with Crippen LogP contribution in [-0.4, -0.2) is 17.2 Å². The molecule has 1 aromatic rings. The second-order valence-corrected chi connectivity index (χ2v) is 4.05. The molecule has 0 heterocycles. The quantitative estimate of drug-likeness (QED) is 0.708. The Morgan fingerprint density at radius 2 is 2.07 bits per heavy atom. The van der Waals surface area contributed by atoms with Crippen molar-refractivity contribution in [2.75, 3.05) is 0 Å². The molecular formula is C11H6Cl2O2. The number of hydrogen-bond acceptors (Lipinski definition) is 2. The van der Waals surface area contributed by atoms with Crippen LogP contribution in [-0.2, 0) is 4.79 Å². The SMILES string of the molecule is O=C=C1c2ccc(Cl)cc2C=C(Cl)C1O. The second-order valence-electron chi connectivity index (χ2n) is 3.18. The third-order valence-corrected chi connectivity index (χ3v) is 2.79. The molecule has 1 unspecified atom stereocenters. The van der Waals surface area contributed by atoms with Gasteiger partial charge in [-0.2, -0.15) is 0 Å². The molecule has 1 aliphatic carbocycles. The van der Waals surface area contributed by atoms with Gasteiger partial charge in [-0.15, -0.1) is 0 Å². The van der Waals surface area contributed by atoms with Crippen LogP contribution < -0.4 is 0 Å². The summed E-state index contributed by atoms with van der Waals surface area (Å²) in [4.78, 5) is 10.7. The number of carbonyl (C=O) groups excluding carboxylic acids is 1. The molecule has 1 N–H and O–H groups in total. The van der Waals surface area contributed by atoms with E-state index in [2.05, 4.69) is 0 Å². The van der Waals surface area contributed by atoms with Gasteiger partial charge in [-0.3, -0.25) is 0 Å². The van der Waals surface area contributed by atoms with E-state index in [1.807, 2.05) is 0 Å². The Kier molecular flexibility index (Phi) is 2.68. The number of aliphatic hydroxyl groups excluding tert-OH is 1. The normalized spacial score (nSPS) is 19.3. The minimum atomic E-state index is -1.09. The number of rotatable bonds is 0. The zero-order valence-corrected chi connectivity index (χ0v) is 9.01. The summed E-state index contributed by atoms with van der Waals surface area (Å²) in [6, 6.07) is 5.00. The molecule has 4 heteroatoms. The van der Waals surface area contributed by atoms with E-state index >= 15 is 0 Å². The van der Waals surface area contributed by atoms with E-state index in [-0.39, 0.29) is 10.6 Å². The van der Waals surface area contributed by atoms with E-state index in [0.29, 0.717) is 10.6 Å². The minimum absolute atomic E-state index is 0.147. The molecule has 0 amide bonds. The molecule has 0 spiro atoms. The summed E-state index contributed by atoms with van der Waals surface area (Å²) >= 11 is 11.6. The van der Waals surface area contributed by atoms with Gasteiger partial charge in [0, 0.05) is 5.02 Å². The van der Waals surface area contributed by atoms with Crippen LogP contribution in [0.1, 0.15) is 11.1 Å². The van der Waals surface area contributed by atoms with E-state index in [9.17, 15) is 9.90 Å². The Labute approximate surface area is 96.4 Å². The van der Waals surface area contributed by atoms with Gasteiger partial charge in [-0.05, 0) is 29.3 Å². The highest BCUT2D eigenvalue weighted by atomic mass is 35.5. The van der Waals surface area contributed by atoms with Crippen LogP contribution >= 0.6 is 23.2 Å². The molecule has 2 rings (SSSR count). The number of halogens is 2.